The fraction of sp³-hybridized carbons (Fsp3) is 0.100. The first kappa shape index (κ1) is 17.9. The van der Waals surface area contributed by atoms with Crippen molar-refractivity contribution in [2.75, 3.05) is 0 Å². The topological polar surface area (TPSA) is 88.0 Å². The number of rotatable bonds is 5. The molecule has 8 heteroatoms. The van der Waals surface area contributed by atoms with Crippen LogP contribution in [0.15, 0.2) is 59.0 Å². The van der Waals surface area contributed by atoms with Crippen molar-refractivity contribution in [2.24, 2.45) is 5.10 Å². The van der Waals surface area contributed by atoms with Crippen LogP contribution in [0.4, 0.5) is 0 Å². The van der Waals surface area contributed by atoms with E-state index in [-0.39, 0.29) is 5.91 Å². The van der Waals surface area contributed by atoms with Gasteiger partial charge >= 0.3 is 0 Å². The van der Waals surface area contributed by atoms with Crippen LogP contribution in [0.25, 0.3) is 16.9 Å². The minimum atomic E-state index is -0.350. The molecule has 0 saturated carbocycles. The number of aryl methyl sites for hydroxylation is 1. The van der Waals surface area contributed by atoms with Gasteiger partial charge in [-0.3, -0.25) is 9.89 Å². The average molecular weight is 390 g/mol. The Hall–Kier alpha value is -3.52. The zero-order chi connectivity index (χ0) is 19.5. The number of thiophene rings is 1. The molecule has 0 atom stereocenters. The number of nitrogens with one attached hydrogen (secondary N) is 2. The molecule has 4 rings (SSSR count). The SMILES string of the molecule is Cc1nn(-c2ccccc2)c(C)c1-c1cc(C(=O)N/N=C/c2cccs2)[nH]n1. The van der Waals surface area contributed by atoms with Gasteiger partial charge in [0, 0.05) is 10.4 Å². The highest BCUT2D eigenvalue weighted by molar-refractivity contribution is 7.11. The summed E-state index contributed by atoms with van der Waals surface area (Å²) in [7, 11) is 0. The Morgan fingerprint density at radius 3 is 2.79 bits per heavy atom. The van der Waals surface area contributed by atoms with Gasteiger partial charge in [0.05, 0.1) is 29.0 Å². The third-order valence-electron chi connectivity index (χ3n) is 4.27. The highest BCUT2D eigenvalue weighted by Crippen LogP contribution is 2.27. The molecule has 0 unspecified atom stereocenters. The van der Waals surface area contributed by atoms with Gasteiger partial charge in [-0.25, -0.2) is 10.1 Å². The molecule has 4 aromatic rings. The maximum atomic E-state index is 12.3. The molecule has 3 heterocycles. The van der Waals surface area contributed by atoms with E-state index in [4.69, 9.17) is 0 Å². The monoisotopic (exact) mass is 390 g/mol. The lowest BCUT2D eigenvalue weighted by molar-refractivity contribution is 0.0950. The first-order valence-corrected chi connectivity index (χ1v) is 9.56. The first-order chi connectivity index (χ1) is 13.6. The predicted octanol–water partition coefficient (Wildman–Crippen LogP) is 3.70. The van der Waals surface area contributed by atoms with Crippen LogP contribution >= 0.6 is 11.3 Å². The molecule has 0 spiro atoms. The third-order valence-corrected chi connectivity index (χ3v) is 5.08. The summed E-state index contributed by atoms with van der Waals surface area (Å²) in [6.07, 6.45) is 1.61. The molecule has 1 aromatic carbocycles. The molecule has 3 aromatic heterocycles. The van der Waals surface area contributed by atoms with Gasteiger partial charge in [0.15, 0.2) is 0 Å². The predicted molar refractivity (Wildman–Crippen MR) is 110 cm³/mol. The Labute approximate surface area is 165 Å². The third kappa shape index (κ3) is 3.49. The van der Waals surface area contributed by atoms with Gasteiger partial charge in [0.1, 0.15) is 5.69 Å². The van der Waals surface area contributed by atoms with Crippen molar-refractivity contribution in [1.29, 1.82) is 0 Å². The molecule has 0 aliphatic carbocycles. The lowest BCUT2D eigenvalue weighted by atomic mass is 10.1. The second-order valence-electron chi connectivity index (χ2n) is 6.17. The van der Waals surface area contributed by atoms with Gasteiger partial charge in [-0.05, 0) is 43.5 Å². The van der Waals surface area contributed by atoms with E-state index in [2.05, 4.69) is 25.8 Å². The van der Waals surface area contributed by atoms with Crippen molar-refractivity contribution >= 4 is 23.5 Å². The van der Waals surface area contributed by atoms with E-state index in [1.54, 1.807) is 23.6 Å². The van der Waals surface area contributed by atoms with Crippen molar-refractivity contribution in [2.45, 2.75) is 13.8 Å². The lowest BCUT2D eigenvalue weighted by Gasteiger charge is -2.04. The van der Waals surface area contributed by atoms with Crippen LogP contribution < -0.4 is 5.43 Å². The van der Waals surface area contributed by atoms with E-state index in [0.29, 0.717) is 11.4 Å². The molecule has 28 heavy (non-hydrogen) atoms. The smallest absolute Gasteiger partial charge is 0.272 e. The first-order valence-electron chi connectivity index (χ1n) is 8.68. The average Bonchev–Trinajstić information content (AvgIpc) is 3.43. The number of H-pyrrole nitrogens is 1. The van der Waals surface area contributed by atoms with Crippen LogP contribution in [-0.2, 0) is 0 Å². The number of hydrazone groups is 1. The largest absolute Gasteiger partial charge is 0.289 e. The lowest BCUT2D eigenvalue weighted by Crippen LogP contribution is -2.17. The second-order valence-corrected chi connectivity index (χ2v) is 7.15. The number of carbonyl (C=O) groups excluding carboxylic acids is 1. The number of carbonyl (C=O) groups is 1. The number of nitrogens with zero attached hydrogens (tertiary/aromatic N) is 4. The van der Waals surface area contributed by atoms with Gasteiger partial charge in [-0.15, -0.1) is 11.3 Å². The van der Waals surface area contributed by atoms with Gasteiger partial charge in [0.25, 0.3) is 5.91 Å². The molecule has 7 nitrogen and oxygen atoms in total. The maximum Gasteiger partial charge on any atom is 0.289 e. The van der Waals surface area contributed by atoms with E-state index in [1.165, 1.54) is 0 Å². The number of amides is 1. The van der Waals surface area contributed by atoms with E-state index < -0.39 is 0 Å². The Morgan fingerprint density at radius 1 is 1.21 bits per heavy atom. The minimum absolute atomic E-state index is 0.338. The standard InChI is InChI=1S/C20H18N6OS/c1-13-19(14(2)26(25-13)15-7-4-3-5-8-15)17-11-18(23-22-17)20(27)24-21-12-16-9-6-10-28-16/h3-12H,1-2H3,(H,22,23)(H,24,27)/b21-12+. The van der Waals surface area contributed by atoms with Crippen LogP contribution in [-0.4, -0.2) is 32.1 Å². The summed E-state index contributed by atoms with van der Waals surface area (Å²) >= 11 is 1.55. The Balaban J connectivity index is 1.56. The molecule has 0 aliphatic rings. The number of aromatic amines is 1. The van der Waals surface area contributed by atoms with E-state index >= 15 is 0 Å². The van der Waals surface area contributed by atoms with Crippen LogP contribution in [0.5, 0.6) is 0 Å². The van der Waals surface area contributed by atoms with Crippen molar-refractivity contribution in [3.63, 3.8) is 0 Å². The summed E-state index contributed by atoms with van der Waals surface area (Å²) in [5.74, 6) is -0.350. The molecular formula is C20H18N6OS. The van der Waals surface area contributed by atoms with Crippen LogP contribution in [0, 0.1) is 13.8 Å². The van der Waals surface area contributed by atoms with E-state index in [1.807, 2.05) is 66.4 Å². The normalized spacial score (nSPS) is 11.2. The quantitative estimate of drug-likeness (QED) is 0.402. The second kappa shape index (κ2) is 7.61. The van der Waals surface area contributed by atoms with Crippen LogP contribution in [0.3, 0.4) is 0 Å². The number of hydrogen-bond acceptors (Lipinski definition) is 5. The van der Waals surface area contributed by atoms with Crippen molar-refractivity contribution in [3.8, 4) is 16.9 Å². The molecule has 1 amide bonds. The zero-order valence-electron chi connectivity index (χ0n) is 15.4. The summed E-state index contributed by atoms with van der Waals surface area (Å²) in [6, 6.07) is 15.5. The van der Waals surface area contributed by atoms with Gasteiger partial charge in [0.2, 0.25) is 0 Å². The summed E-state index contributed by atoms with van der Waals surface area (Å²) in [5, 5.41) is 17.6. The minimum Gasteiger partial charge on any atom is -0.272 e. The number of benzene rings is 1. The van der Waals surface area contributed by atoms with Crippen LogP contribution in [0.1, 0.15) is 26.8 Å². The molecular weight excluding hydrogens is 372 g/mol. The molecule has 0 saturated heterocycles. The summed E-state index contributed by atoms with van der Waals surface area (Å²) in [5.41, 5.74) is 7.20. The Morgan fingerprint density at radius 2 is 2.04 bits per heavy atom. The number of hydrogen-bond donors (Lipinski definition) is 2. The molecule has 0 radical (unpaired) electrons. The van der Waals surface area contributed by atoms with E-state index in [0.717, 1.165) is 27.5 Å². The van der Waals surface area contributed by atoms with Crippen molar-refractivity contribution in [1.82, 2.24) is 25.4 Å². The Bertz CT molecular complexity index is 1130. The molecule has 0 aliphatic heterocycles. The summed E-state index contributed by atoms with van der Waals surface area (Å²) < 4.78 is 1.88. The fourth-order valence-electron chi connectivity index (χ4n) is 2.98. The Kier molecular flexibility index (Phi) is 4.86. The molecule has 2 N–H and O–H groups in total. The zero-order valence-corrected chi connectivity index (χ0v) is 16.2. The number of aromatic nitrogens is 4. The fourth-order valence-corrected chi connectivity index (χ4v) is 3.56. The summed E-state index contributed by atoms with van der Waals surface area (Å²) in [6.45, 7) is 3.92. The maximum absolute atomic E-state index is 12.3. The molecule has 140 valence electrons. The van der Waals surface area contributed by atoms with E-state index in [9.17, 15) is 4.79 Å². The van der Waals surface area contributed by atoms with Crippen molar-refractivity contribution in [3.05, 3.63) is 75.9 Å². The highest BCUT2D eigenvalue weighted by atomic mass is 32.1. The molecule has 0 bridgehead atoms. The van der Waals surface area contributed by atoms with Gasteiger partial charge < -0.3 is 0 Å². The highest BCUT2D eigenvalue weighted by Gasteiger charge is 2.18. The molecule has 0 fully saturated rings. The van der Waals surface area contributed by atoms with Crippen molar-refractivity contribution < 1.29 is 4.79 Å². The van der Waals surface area contributed by atoms with Gasteiger partial charge in [-0.1, -0.05) is 24.3 Å². The van der Waals surface area contributed by atoms with Gasteiger partial charge in [-0.2, -0.15) is 15.3 Å². The summed E-state index contributed by atoms with van der Waals surface area (Å²) in [4.78, 5) is 13.3. The van der Waals surface area contributed by atoms with Crippen LogP contribution in [0.2, 0.25) is 0 Å². The number of para-hydroxylation sites is 1.